The fourth-order valence-electron chi connectivity index (χ4n) is 1.07. The highest BCUT2D eigenvalue weighted by atomic mass is 35.5. The van der Waals surface area contributed by atoms with Gasteiger partial charge in [-0.1, -0.05) is 37.6 Å². The summed E-state index contributed by atoms with van der Waals surface area (Å²) in [5, 5.41) is 15.8. The Morgan fingerprint density at radius 1 is 1.25 bits per heavy atom. The molecule has 86 valence electrons. The highest BCUT2D eigenvalue weighted by Gasteiger charge is 2.08. The van der Waals surface area contributed by atoms with Crippen molar-refractivity contribution in [3.8, 4) is 0 Å². The van der Waals surface area contributed by atoms with Gasteiger partial charge in [0.15, 0.2) is 11.8 Å². The zero-order chi connectivity index (χ0) is 12.1. The van der Waals surface area contributed by atoms with E-state index in [2.05, 4.69) is 0 Å². The van der Waals surface area contributed by atoms with Crippen molar-refractivity contribution < 1.29 is 4.74 Å². The Morgan fingerprint density at radius 3 is 2.31 bits per heavy atom. The molecular weight excluding hydrogens is 224 g/mol. The Hall–Kier alpha value is -1.35. The molecule has 0 radical (unpaired) electrons. The lowest BCUT2D eigenvalue weighted by molar-refractivity contribution is 0.479. The van der Waals surface area contributed by atoms with Gasteiger partial charge in [0.2, 0.25) is 0 Å². The summed E-state index contributed by atoms with van der Waals surface area (Å²) in [6.07, 6.45) is 0.381. The summed E-state index contributed by atoms with van der Waals surface area (Å²) >= 11 is 5.76. The van der Waals surface area contributed by atoms with E-state index < -0.39 is 0 Å². The van der Waals surface area contributed by atoms with Gasteiger partial charge in [0.25, 0.3) is 0 Å². The van der Waals surface area contributed by atoms with E-state index in [1.54, 1.807) is 12.1 Å². The van der Waals surface area contributed by atoms with Crippen molar-refractivity contribution >= 4 is 23.4 Å². The third-order valence-electron chi connectivity index (χ3n) is 2.04. The lowest BCUT2D eigenvalue weighted by atomic mass is 10.1. The number of hydrogen-bond acceptors (Lipinski definition) is 3. The van der Waals surface area contributed by atoms with Crippen molar-refractivity contribution in [3.05, 3.63) is 34.9 Å². The molecule has 16 heavy (non-hydrogen) atoms. The quantitative estimate of drug-likeness (QED) is 0.615. The minimum Gasteiger partial charge on any atom is -0.429 e. The van der Waals surface area contributed by atoms with Gasteiger partial charge < -0.3 is 4.74 Å². The van der Waals surface area contributed by atoms with Gasteiger partial charge in [-0.15, -0.1) is 0 Å². The molecule has 0 aliphatic carbocycles. The van der Waals surface area contributed by atoms with Crippen LogP contribution in [-0.4, -0.2) is 11.8 Å². The first kappa shape index (κ1) is 12.7. The molecule has 1 aromatic carbocycles. The topological polar surface area (TPSA) is 56.9 Å². The summed E-state index contributed by atoms with van der Waals surface area (Å²) in [6, 6.07) is 7.24. The predicted molar refractivity (Wildman–Crippen MR) is 66.5 cm³/mol. The average molecular weight is 239 g/mol. The highest BCUT2D eigenvalue weighted by molar-refractivity contribution is 6.30. The zero-order valence-electron chi connectivity index (χ0n) is 9.38. The molecule has 0 atom stereocenters. The molecule has 0 heterocycles. The number of hydrogen-bond donors (Lipinski definition) is 2. The maximum absolute atomic E-state index is 7.61. The molecule has 0 saturated heterocycles. The van der Waals surface area contributed by atoms with Crippen LogP contribution in [0.25, 0.3) is 0 Å². The van der Waals surface area contributed by atoms with Gasteiger partial charge in [0, 0.05) is 17.4 Å². The lowest BCUT2D eigenvalue weighted by Crippen LogP contribution is -2.17. The van der Waals surface area contributed by atoms with E-state index in [4.69, 9.17) is 27.2 Å². The standard InChI is InChI=1S/C12H15ClN2O/c1-8(2)12(15)16-11(14)7-9-3-5-10(13)6-4-9/h3-6,8,14-15H,7H2,1-2H3. The fourth-order valence-corrected chi connectivity index (χ4v) is 1.20. The third kappa shape index (κ3) is 4.03. The fraction of sp³-hybridized carbons (Fsp3) is 0.333. The number of halogens is 1. The molecule has 0 unspecified atom stereocenters. The number of benzene rings is 1. The summed E-state index contributed by atoms with van der Waals surface area (Å²) in [5.41, 5.74) is 0.950. The van der Waals surface area contributed by atoms with Gasteiger partial charge in [-0.2, -0.15) is 0 Å². The van der Waals surface area contributed by atoms with E-state index in [0.717, 1.165) is 5.56 Å². The summed E-state index contributed by atoms with van der Waals surface area (Å²) in [4.78, 5) is 0. The van der Waals surface area contributed by atoms with Crippen molar-refractivity contribution in [3.63, 3.8) is 0 Å². The van der Waals surface area contributed by atoms with Crippen LogP contribution in [0.2, 0.25) is 5.02 Å². The Morgan fingerprint density at radius 2 is 1.81 bits per heavy atom. The monoisotopic (exact) mass is 238 g/mol. The second-order valence-corrected chi connectivity index (χ2v) is 4.28. The summed E-state index contributed by atoms with van der Waals surface area (Å²) in [5.74, 6) is 0.213. The SMILES string of the molecule is CC(C)C(=N)OC(=N)Cc1ccc(Cl)cc1. The van der Waals surface area contributed by atoms with E-state index >= 15 is 0 Å². The first-order chi connectivity index (χ1) is 7.49. The van der Waals surface area contributed by atoms with Crippen LogP contribution in [0, 0.1) is 16.7 Å². The van der Waals surface area contributed by atoms with Gasteiger partial charge in [-0.3, -0.25) is 10.8 Å². The maximum atomic E-state index is 7.61. The molecule has 0 fully saturated rings. The van der Waals surface area contributed by atoms with Gasteiger partial charge in [0.05, 0.1) is 0 Å². The molecule has 0 aliphatic heterocycles. The van der Waals surface area contributed by atoms with Gasteiger partial charge in [-0.05, 0) is 17.7 Å². The molecule has 3 nitrogen and oxygen atoms in total. The van der Waals surface area contributed by atoms with E-state index in [1.807, 2.05) is 26.0 Å². The molecule has 0 aliphatic rings. The van der Waals surface area contributed by atoms with Crippen LogP contribution in [0.4, 0.5) is 0 Å². The van der Waals surface area contributed by atoms with Crippen molar-refractivity contribution in [2.45, 2.75) is 20.3 Å². The first-order valence-electron chi connectivity index (χ1n) is 5.07. The minimum atomic E-state index is 0.00516. The molecule has 1 rings (SSSR count). The molecule has 0 saturated carbocycles. The molecule has 0 aromatic heterocycles. The largest absolute Gasteiger partial charge is 0.429 e. The average Bonchev–Trinajstić information content (AvgIpc) is 2.21. The van der Waals surface area contributed by atoms with Crippen LogP contribution in [0.1, 0.15) is 19.4 Å². The van der Waals surface area contributed by atoms with E-state index in [1.165, 1.54) is 0 Å². The highest BCUT2D eigenvalue weighted by Crippen LogP contribution is 2.10. The van der Waals surface area contributed by atoms with Crippen LogP contribution < -0.4 is 0 Å². The lowest BCUT2D eigenvalue weighted by Gasteiger charge is -2.10. The normalized spacial score (nSPS) is 10.2. The Balaban J connectivity index is 2.52. The van der Waals surface area contributed by atoms with Gasteiger partial charge in [0.1, 0.15) is 0 Å². The summed E-state index contributed by atoms with van der Waals surface area (Å²) in [6.45, 7) is 3.72. The maximum Gasteiger partial charge on any atom is 0.193 e. The molecule has 4 heteroatoms. The molecule has 0 bridgehead atoms. The Labute approximate surface area is 100 Å². The smallest absolute Gasteiger partial charge is 0.193 e. The van der Waals surface area contributed by atoms with Crippen LogP contribution >= 0.6 is 11.6 Å². The van der Waals surface area contributed by atoms with Crippen molar-refractivity contribution in [2.24, 2.45) is 5.92 Å². The molecule has 2 N–H and O–H groups in total. The Bertz CT molecular complexity index is 385. The van der Waals surface area contributed by atoms with Gasteiger partial charge >= 0.3 is 0 Å². The molecular formula is C12H15ClN2O. The van der Waals surface area contributed by atoms with Gasteiger partial charge in [-0.25, -0.2) is 0 Å². The van der Waals surface area contributed by atoms with Crippen LogP contribution in [0.3, 0.4) is 0 Å². The van der Waals surface area contributed by atoms with E-state index in [9.17, 15) is 0 Å². The van der Waals surface area contributed by atoms with E-state index in [-0.39, 0.29) is 17.7 Å². The summed E-state index contributed by atoms with van der Waals surface area (Å²) in [7, 11) is 0. The van der Waals surface area contributed by atoms with E-state index in [0.29, 0.717) is 11.4 Å². The predicted octanol–water partition coefficient (Wildman–Crippen LogP) is 3.51. The number of nitrogens with one attached hydrogen (secondary N) is 2. The first-order valence-corrected chi connectivity index (χ1v) is 5.45. The second-order valence-electron chi connectivity index (χ2n) is 3.85. The molecule has 1 aromatic rings. The van der Waals surface area contributed by atoms with Crippen LogP contribution in [0.5, 0.6) is 0 Å². The second kappa shape index (κ2) is 5.66. The molecule has 0 spiro atoms. The minimum absolute atomic E-state index is 0.00516. The molecule has 0 amide bonds. The van der Waals surface area contributed by atoms with Crippen LogP contribution in [0.15, 0.2) is 24.3 Å². The number of ether oxygens (including phenoxy) is 1. The zero-order valence-corrected chi connectivity index (χ0v) is 10.1. The number of rotatable bonds is 3. The van der Waals surface area contributed by atoms with Crippen molar-refractivity contribution in [1.82, 2.24) is 0 Å². The van der Waals surface area contributed by atoms with Crippen molar-refractivity contribution in [1.29, 1.82) is 10.8 Å². The van der Waals surface area contributed by atoms with Crippen LogP contribution in [-0.2, 0) is 11.2 Å². The van der Waals surface area contributed by atoms with Crippen molar-refractivity contribution in [2.75, 3.05) is 0 Å². The Kier molecular flexibility index (Phi) is 4.50. The third-order valence-corrected chi connectivity index (χ3v) is 2.29. The summed E-state index contributed by atoms with van der Waals surface area (Å²) < 4.78 is 5.08.